The number of amides is 2. The molecule has 3 rings (SSSR count). The number of primary amides is 1. The zero-order valence-corrected chi connectivity index (χ0v) is 11.2. The van der Waals surface area contributed by atoms with E-state index in [1.54, 1.807) is 0 Å². The first kappa shape index (κ1) is 12.0. The minimum absolute atomic E-state index is 0.0278. The minimum Gasteiger partial charge on any atom is -0.368 e. The van der Waals surface area contributed by atoms with Crippen molar-refractivity contribution in [2.75, 3.05) is 6.54 Å². The van der Waals surface area contributed by atoms with E-state index >= 15 is 0 Å². The highest BCUT2D eigenvalue weighted by atomic mass is 16.2. The Morgan fingerprint density at radius 3 is 2.50 bits per heavy atom. The molecule has 2 amide bonds. The van der Waals surface area contributed by atoms with Gasteiger partial charge in [-0.15, -0.1) is 0 Å². The molecule has 0 radical (unpaired) electrons. The first-order chi connectivity index (χ1) is 8.39. The number of hydrogen-bond acceptors (Lipinski definition) is 2. The van der Waals surface area contributed by atoms with Gasteiger partial charge in [0.1, 0.15) is 0 Å². The van der Waals surface area contributed by atoms with E-state index in [0.29, 0.717) is 0 Å². The molecule has 1 spiro atoms. The van der Waals surface area contributed by atoms with Crippen molar-refractivity contribution in [3.63, 3.8) is 0 Å². The quantitative estimate of drug-likeness (QED) is 0.786. The highest BCUT2D eigenvalue weighted by Crippen LogP contribution is 2.79. The molecule has 3 aliphatic rings. The molecule has 2 bridgehead atoms. The third-order valence-corrected chi connectivity index (χ3v) is 6.14. The maximum Gasteiger partial charge on any atom is 0.236 e. The average molecular weight is 250 g/mol. The van der Waals surface area contributed by atoms with Crippen LogP contribution in [0.25, 0.3) is 0 Å². The van der Waals surface area contributed by atoms with E-state index in [-0.39, 0.29) is 29.2 Å². The van der Waals surface area contributed by atoms with Crippen LogP contribution in [0.4, 0.5) is 0 Å². The van der Waals surface area contributed by atoms with Gasteiger partial charge in [0.05, 0.1) is 6.54 Å². The molecule has 4 unspecified atom stereocenters. The van der Waals surface area contributed by atoms with Crippen LogP contribution in [0.1, 0.15) is 39.5 Å². The minimum atomic E-state index is -0.467. The van der Waals surface area contributed by atoms with Crippen molar-refractivity contribution in [1.29, 1.82) is 0 Å². The van der Waals surface area contributed by atoms with E-state index in [0.717, 1.165) is 18.3 Å². The lowest BCUT2D eigenvalue weighted by Crippen LogP contribution is -2.39. The van der Waals surface area contributed by atoms with Gasteiger partial charge in [0.25, 0.3) is 0 Å². The van der Waals surface area contributed by atoms with Crippen molar-refractivity contribution in [1.82, 2.24) is 5.32 Å². The second-order valence-corrected chi connectivity index (χ2v) is 6.91. The van der Waals surface area contributed by atoms with Crippen molar-refractivity contribution in [2.45, 2.75) is 39.5 Å². The Balaban J connectivity index is 1.72. The molecule has 0 aromatic heterocycles. The van der Waals surface area contributed by atoms with E-state index in [2.05, 4.69) is 19.2 Å². The molecule has 3 aliphatic carbocycles. The summed E-state index contributed by atoms with van der Waals surface area (Å²) in [5.74, 6) is 1.19. The van der Waals surface area contributed by atoms with Gasteiger partial charge in [-0.3, -0.25) is 9.59 Å². The zero-order chi connectivity index (χ0) is 13.1. The molecular formula is C14H22N2O2. The second-order valence-electron chi connectivity index (χ2n) is 6.91. The van der Waals surface area contributed by atoms with Gasteiger partial charge < -0.3 is 11.1 Å². The summed E-state index contributed by atoms with van der Waals surface area (Å²) < 4.78 is 0. The summed E-state index contributed by atoms with van der Waals surface area (Å²) in [5.41, 5.74) is 5.57. The molecule has 0 aliphatic heterocycles. The number of carbonyl (C=O) groups is 2. The summed E-state index contributed by atoms with van der Waals surface area (Å²) >= 11 is 0. The van der Waals surface area contributed by atoms with E-state index in [1.165, 1.54) is 19.3 Å². The molecule has 3 N–H and O–H groups in total. The molecule has 100 valence electrons. The van der Waals surface area contributed by atoms with Crippen LogP contribution < -0.4 is 11.1 Å². The number of hydrogen-bond donors (Lipinski definition) is 2. The predicted molar refractivity (Wildman–Crippen MR) is 67.4 cm³/mol. The highest BCUT2D eigenvalue weighted by molar-refractivity contribution is 5.87. The topological polar surface area (TPSA) is 72.2 Å². The molecule has 3 saturated carbocycles. The van der Waals surface area contributed by atoms with Gasteiger partial charge >= 0.3 is 0 Å². The Kier molecular flexibility index (Phi) is 2.32. The summed E-state index contributed by atoms with van der Waals surface area (Å²) in [6.07, 6.45) is 4.92. The Hall–Kier alpha value is -1.06. The molecule has 0 heterocycles. The molecule has 0 aromatic rings. The monoisotopic (exact) mass is 250 g/mol. The lowest BCUT2D eigenvalue weighted by atomic mass is 9.65. The normalized spacial score (nSPS) is 43.1. The zero-order valence-electron chi connectivity index (χ0n) is 11.2. The third-order valence-electron chi connectivity index (χ3n) is 6.14. The lowest BCUT2D eigenvalue weighted by Gasteiger charge is -2.40. The van der Waals surface area contributed by atoms with Crippen LogP contribution in [0.3, 0.4) is 0 Å². The fourth-order valence-corrected chi connectivity index (χ4v) is 5.08. The largest absolute Gasteiger partial charge is 0.368 e. The molecule has 4 nitrogen and oxygen atoms in total. The fourth-order valence-electron chi connectivity index (χ4n) is 5.08. The first-order valence-electron chi connectivity index (χ1n) is 6.95. The summed E-state index contributed by atoms with van der Waals surface area (Å²) in [4.78, 5) is 22.8. The number of nitrogens with two attached hydrogens (primary N) is 1. The van der Waals surface area contributed by atoms with Gasteiger partial charge in [-0.25, -0.2) is 0 Å². The van der Waals surface area contributed by atoms with Crippen LogP contribution in [0, 0.1) is 28.6 Å². The van der Waals surface area contributed by atoms with Crippen LogP contribution in [-0.2, 0) is 9.59 Å². The molecule has 4 atom stereocenters. The Bertz CT molecular complexity index is 418. The number of nitrogens with one attached hydrogen (secondary N) is 1. The summed E-state index contributed by atoms with van der Waals surface area (Å²) in [6, 6.07) is 0. The van der Waals surface area contributed by atoms with Gasteiger partial charge in [-0.05, 0) is 48.3 Å². The van der Waals surface area contributed by atoms with Crippen LogP contribution in [0.15, 0.2) is 0 Å². The van der Waals surface area contributed by atoms with Crippen LogP contribution in [0.2, 0.25) is 0 Å². The highest BCUT2D eigenvalue weighted by Gasteiger charge is 2.75. The maximum absolute atomic E-state index is 12.1. The van der Waals surface area contributed by atoms with Crippen molar-refractivity contribution in [3.8, 4) is 0 Å². The Morgan fingerprint density at radius 2 is 1.94 bits per heavy atom. The molecule has 3 fully saturated rings. The van der Waals surface area contributed by atoms with E-state index in [9.17, 15) is 9.59 Å². The molecule has 0 saturated heterocycles. The first-order valence-corrected chi connectivity index (χ1v) is 6.95. The number of fused-ring (bicyclic) bond motifs is 3. The van der Waals surface area contributed by atoms with E-state index < -0.39 is 5.91 Å². The molecular weight excluding hydrogens is 228 g/mol. The summed E-state index contributed by atoms with van der Waals surface area (Å²) in [7, 11) is 0. The summed E-state index contributed by atoms with van der Waals surface area (Å²) in [6.45, 7) is 4.64. The van der Waals surface area contributed by atoms with Crippen molar-refractivity contribution >= 4 is 11.8 Å². The molecule has 18 heavy (non-hydrogen) atoms. The van der Waals surface area contributed by atoms with Gasteiger partial charge in [-0.2, -0.15) is 0 Å². The van der Waals surface area contributed by atoms with Gasteiger partial charge in [0, 0.05) is 5.92 Å². The fraction of sp³-hybridized carbons (Fsp3) is 0.857. The summed E-state index contributed by atoms with van der Waals surface area (Å²) in [5, 5.41) is 2.68. The van der Waals surface area contributed by atoms with Crippen molar-refractivity contribution in [2.24, 2.45) is 34.3 Å². The van der Waals surface area contributed by atoms with Gasteiger partial charge in [-0.1, -0.05) is 13.8 Å². The van der Waals surface area contributed by atoms with E-state index in [1.807, 2.05) is 0 Å². The standard InChI is InChI=1S/C14H22N2O2/c1-13(2)8-3-4-9(5-8)14(13)6-10(14)12(18)16-7-11(15)17/h8-10H,3-7H2,1-2H3,(H2,15,17)(H,16,18). The number of carbonyl (C=O) groups excluding carboxylic acids is 2. The average Bonchev–Trinajstić information content (AvgIpc) is 2.79. The van der Waals surface area contributed by atoms with Crippen LogP contribution in [-0.4, -0.2) is 18.4 Å². The predicted octanol–water partition coefficient (Wildman–Crippen LogP) is 1.05. The second kappa shape index (κ2) is 3.49. The third kappa shape index (κ3) is 1.32. The Labute approximate surface area is 108 Å². The van der Waals surface area contributed by atoms with Crippen molar-refractivity contribution < 1.29 is 9.59 Å². The maximum atomic E-state index is 12.1. The van der Waals surface area contributed by atoms with Gasteiger partial charge in [0.15, 0.2) is 0 Å². The SMILES string of the molecule is CC1(C)C2CCC(C2)C12CC2C(=O)NCC(N)=O. The lowest BCUT2D eigenvalue weighted by molar-refractivity contribution is -0.127. The number of rotatable bonds is 3. The van der Waals surface area contributed by atoms with E-state index in [4.69, 9.17) is 5.73 Å². The molecule has 4 heteroatoms. The van der Waals surface area contributed by atoms with Gasteiger partial charge in [0.2, 0.25) is 11.8 Å². The van der Waals surface area contributed by atoms with Crippen LogP contribution >= 0.6 is 0 Å². The Morgan fingerprint density at radius 1 is 1.28 bits per heavy atom. The smallest absolute Gasteiger partial charge is 0.236 e. The van der Waals surface area contributed by atoms with Crippen LogP contribution in [0.5, 0.6) is 0 Å². The van der Waals surface area contributed by atoms with Crippen molar-refractivity contribution in [3.05, 3.63) is 0 Å². The molecule has 0 aromatic carbocycles.